The smallest absolute Gasteiger partial charge is 0.475 e. The molecule has 0 bridgehead atoms. The Balaban J connectivity index is 0.000000381. The van der Waals surface area contributed by atoms with Crippen LogP contribution in [0.15, 0.2) is 54.1 Å². The number of allylic oxidation sites excluding steroid dienone is 2. The van der Waals surface area contributed by atoms with E-state index in [9.17, 15) is 22.8 Å². The second kappa shape index (κ2) is 7.65. The van der Waals surface area contributed by atoms with Crippen molar-refractivity contribution in [2.24, 2.45) is 11.5 Å². The van der Waals surface area contributed by atoms with E-state index in [0.717, 1.165) is 5.56 Å². The fraction of sp³-hybridized carbons (Fsp3) is 0.188. The number of carboxylic acid groups (broad SMARTS) is 1. The quantitative estimate of drug-likeness (QED) is 0.757. The van der Waals surface area contributed by atoms with Gasteiger partial charge in [0.25, 0.3) is 0 Å². The highest BCUT2D eigenvalue weighted by atomic mass is 19.4. The van der Waals surface area contributed by atoms with Crippen molar-refractivity contribution in [3.63, 3.8) is 0 Å². The van der Waals surface area contributed by atoms with Gasteiger partial charge in [-0.2, -0.15) is 13.2 Å². The van der Waals surface area contributed by atoms with Crippen molar-refractivity contribution in [2.75, 3.05) is 0 Å². The summed E-state index contributed by atoms with van der Waals surface area (Å²) in [7, 11) is 0. The monoisotopic (exact) mass is 356 g/mol. The van der Waals surface area contributed by atoms with Gasteiger partial charge in [0.05, 0.1) is 5.41 Å². The van der Waals surface area contributed by atoms with Crippen LogP contribution in [-0.2, 0) is 19.8 Å². The van der Waals surface area contributed by atoms with Crippen LogP contribution in [0.1, 0.15) is 12.0 Å². The van der Waals surface area contributed by atoms with E-state index in [-0.39, 0.29) is 6.42 Å². The molecule has 1 atom stereocenters. The van der Waals surface area contributed by atoms with Gasteiger partial charge in [0, 0.05) is 5.57 Å². The van der Waals surface area contributed by atoms with E-state index in [4.69, 9.17) is 21.4 Å². The van der Waals surface area contributed by atoms with Crippen LogP contribution in [-0.4, -0.2) is 29.1 Å². The Hall–Kier alpha value is -3.10. The van der Waals surface area contributed by atoms with Crippen molar-refractivity contribution in [1.82, 2.24) is 0 Å². The first-order chi connectivity index (χ1) is 11.5. The second-order valence-corrected chi connectivity index (χ2v) is 5.10. The Morgan fingerprint density at radius 2 is 1.60 bits per heavy atom. The molecule has 0 spiro atoms. The van der Waals surface area contributed by atoms with Crippen LogP contribution in [0.25, 0.3) is 0 Å². The van der Waals surface area contributed by atoms with Crippen molar-refractivity contribution in [3.8, 4) is 0 Å². The number of nitrogens with two attached hydrogens (primary N) is 2. The van der Waals surface area contributed by atoms with E-state index in [1.165, 1.54) is 0 Å². The predicted octanol–water partition coefficient (Wildman–Crippen LogP) is 1.41. The van der Waals surface area contributed by atoms with Crippen LogP contribution in [0.4, 0.5) is 13.2 Å². The van der Waals surface area contributed by atoms with Gasteiger partial charge in [-0.25, -0.2) is 4.79 Å². The van der Waals surface area contributed by atoms with Crippen LogP contribution >= 0.6 is 0 Å². The van der Waals surface area contributed by atoms with E-state index in [1.54, 1.807) is 18.2 Å². The SMILES string of the molecule is NC(=O)C1=CC=CC(C(N)=O)(c2ccccc2)C1.O=C(O)C(F)(F)F. The van der Waals surface area contributed by atoms with Gasteiger partial charge in [0.15, 0.2) is 0 Å². The summed E-state index contributed by atoms with van der Waals surface area (Å²) in [6.45, 7) is 0. The zero-order valence-corrected chi connectivity index (χ0v) is 12.8. The Kier molecular flexibility index (Phi) is 6.10. The third-order valence-electron chi connectivity index (χ3n) is 3.44. The predicted molar refractivity (Wildman–Crippen MR) is 82.0 cm³/mol. The minimum Gasteiger partial charge on any atom is -0.475 e. The summed E-state index contributed by atoms with van der Waals surface area (Å²) in [5.74, 6) is -3.77. The molecule has 1 aliphatic rings. The number of carbonyl (C=O) groups is 3. The van der Waals surface area contributed by atoms with Crippen LogP contribution < -0.4 is 11.5 Å². The average Bonchev–Trinajstić information content (AvgIpc) is 2.55. The van der Waals surface area contributed by atoms with Crippen LogP contribution in [0.2, 0.25) is 0 Å². The highest BCUT2D eigenvalue weighted by Crippen LogP contribution is 2.35. The number of hydrogen-bond donors (Lipinski definition) is 3. The maximum Gasteiger partial charge on any atom is 0.490 e. The van der Waals surface area contributed by atoms with Gasteiger partial charge in [-0.05, 0) is 12.0 Å². The lowest BCUT2D eigenvalue weighted by Gasteiger charge is -2.30. The zero-order valence-electron chi connectivity index (χ0n) is 12.8. The molecule has 2 amide bonds. The number of carboxylic acids is 1. The Labute approximate surface area is 140 Å². The number of alkyl halides is 3. The first kappa shape index (κ1) is 19.9. The number of hydrogen-bond acceptors (Lipinski definition) is 3. The normalized spacial score (nSPS) is 19.2. The molecule has 0 fully saturated rings. The summed E-state index contributed by atoms with van der Waals surface area (Å²) in [5.41, 5.74) is 11.0. The van der Waals surface area contributed by atoms with E-state index in [0.29, 0.717) is 5.57 Å². The van der Waals surface area contributed by atoms with Gasteiger partial charge >= 0.3 is 12.1 Å². The summed E-state index contributed by atoms with van der Waals surface area (Å²) < 4.78 is 31.7. The van der Waals surface area contributed by atoms with Crippen molar-refractivity contribution < 1.29 is 32.7 Å². The van der Waals surface area contributed by atoms with Crippen molar-refractivity contribution in [2.45, 2.75) is 18.0 Å². The summed E-state index contributed by atoms with van der Waals surface area (Å²) >= 11 is 0. The minimum atomic E-state index is -5.08. The number of rotatable bonds is 3. The lowest BCUT2D eigenvalue weighted by molar-refractivity contribution is -0.192. The topological polar surface area (TPSA) is 123 Å². The van der Waals surface area contributed by atoms with Crippen LogP contribution in [0.3, 0.4) is 0 Å². The van der Waals surface area contributed by atoms with E-state index < -0.39 is 29.4 Å². The van der Waals surface area contributed by atoms with E-state index in [2.05, 4.69) is 0 Å². The standard InChI is InChI=1S/C14H14N2O2.C2HF3O2/c15-12(17)10-5-4-8-14(9-10,13(16)18)11-6-2-1-3-7-11;3-2(4,5)1(6)7/h1-8H,9H2,(H2,15,17)(H2,16,18);(H,6,7). The molecule has 5 N–H and O–H groups in total. The number of benzene rings is 1. The number of amides is 2. The van der Waals surface area contributed by atoms with Gasteiger partial charge in [0.1, 0.15) is 0 Å². The fourth-order valence-corrected chi connectivity index (χ4v) is 2.16. The summed E-state index contributed by atoms with van der Waals surface area (Å²) in [5, 5.41) is 7.12. The molecule has 0 saturated carbocycles. The van der Waals surface area contributed by atoms with Crippen molar-refractivity contribution in [3.05, 3.63) is 59.7 Å². The molecule has 1 aromatic rings. The third kappa shape index (κ3) is 4.93. The molecular weight excluding hydrogens is 341 g/mol. The van der Waals surface area contributed by atoms with Gasteiger partial charge in [-0.1, -0.05) is 48.6 Å². The minimum absolute atomic E-state index is 0.207. The zero-order chi connectivity index (χ0) is 19.3. The van der Waals surface area contributed by atoms with Gasteiger partial charge in [-0.3, -0.25) is 9.59 Å². The van der Waals surface area contributed by atoms with Crippen molar-refractivity contribution >= 4 is 17.8 Å². The molecule has 0 heterocycles. The number of primary amides is 2. The van der Waals surface area contributed by atoms with Gasteiger partial charge in [-0.15, -0.1) is 0 Å². The molecule has 0 aliphatic heterocycles. The Morgan fingerprint density at radius 3 is 2.00 bits per heavy atom. The Morgan fingerprint density at radius 1 is 1.08 bits per heavy atom. The third-order valence-corrected chi connectivity index (χ3v) is 3.44. The second-order valence-electron chi connectivity index (χ2n) is 5.10. The van der Waals surface area contributed by atoms with Crippen LogP contribution in [0.5, 0.6) is 0 Å². The highest BCUT2D eigenvalue weighted by molar-refractivity contribution is 5.97. The maximum atomic E-state index is 11.8. The molecule has 6 nitrogen and oxygen atoms in total. The highest BCUT2D eigenvalue weighted by Gasteiger charge is 2.39. The molecule has 1 unspecified atom stereocenters. The van der Waals surface area contributed by atoms with E-state index in [1.807, 2.05) is 30.3 Å². The first-order valence-electron chi connectivity index (χ1n) is 6.84. The molecular formula is C16H15F3N2O4. The fourth-order valence-electron chi connectivity index (χ4n) is 2.16. The van der Waals surface area contributed by atoms with Gasteiger partial charge in [0.2, 0.25) is 11.8 Å². The largest absolute Gasteiger partial charge is 0.490 e. The Bertz CT molecular complexity index is 727. The molecule has 0 radical (unpaired) electrons. The molecule has 25 heavy (non-hydrogen) atoms. The van der Waals surface area contributed by atoms with E-state index >= 15 is 0 Å². The summed E-state index contributed by atoms with van der Waals surface area (Å²) in [6, 6.07) is 9.15. The lowest BCUT2D eigenvalue weighted by atomic mass is 9.72. The lowest BCUT2D eigenvalue weighted by Crippen LogP contribution is -2.42. The number of halogens is 3. The molecule has 0 aromatic heterocycles. The average molecular weight is 356 g/mol. The summed E-state index contributed by atoms with van der Waals surface area (Å²) in [6.07, 6.45) is 0.114. The summed E-state index contributed by atoms with van der Waals surface area (Å²) in [4.78, 5) is 32.0. The molecule has 1 aromatic carbocycles. The molecule has 9 heteroatoms. The number of aliphatic carboxylic acids is 1. The van der Waals surface area contributed by atoms with Crippen molar-refractivity contribution in [1.29, 1.82) is 0 Å². The van der Waals surface area contributed by atoms with Crippen LogP contribution in [0, 0.1) is 0 Å². The molecule has 0 saturated heterocycles. The molecule has 2 rings (SSSR count). The number of carbonyl (C=O) groups excluding carboxylic acids is 2. The molecule has 134 valence electrons. The maximum absolute atomic E-state index is 11.8. The first-order valence-corrected chi connectivity index (χ1v) is 6.84. The van der Waals surface area contributed by atoms with Gasteiger partial charge < -0.3 is 16.6 Å². The molecule has 1 aliphatic carbocycles.